The van der Waals surface area contributed by atoms with Crippen molar-refractivity contribution in [2.45, 2.75) is 38.3 Å². The minimum Gasteiger partial charge on any atom is -0.374 e. The Bertz CT molecular complexity index is 382. The van der Waals surface area contributed by atoms with E-state index in [0.717, 1.165) is 12.6 Å². The van der Waals surface area contributed by atoms with Crippen LogP contribution < -0.4 is 10.2 Å². The highest BCUT2D eigenvalue weighted by molar-refractivity contribution is 5.56. The average Bonchev–Trinajstić information content (AvgIpc) is 3.10. The van der Waals surface area contributed by atoms with E-state index in [2.05, 4.69) is 35.5 Å². The van der Waals surface area contributed by atoms with Crippen LogP contribution in [0.4, 0.5) is 5.69 Å². The van der Waals surface area contributed by atoms with Gasteiger partial charge < -0.3 is 10.2 Å². The maximum Gasteiger partial charge on any atom is 0.0396 e. The third-order valence-corrected chi connectivity index (χ3v) is 3.67. The second-order valence-electron chi connectivity index (χ2n) is 5.14. The van der Waals surface area contributed by atoms with Crippen LogP contribution in [0.5, 0.6) is 0 Å². The summed E-state index contributed by atoms with van der Waals surface area (Å²) in [5, 5.41) is 3.58. The van der Waals surface area contributed by atoms with Crippen molar-refractivity contribution in [1.82, 2.24) is 5.32 Å². The fourth-order valence-electron chi connectivity index (χ4n) is 2.50. The summed E-state index contributed by atoms with van der Waals surface area (Å²) in [6.45, 7) is 2.24. The van der Waals surface area contributed by atoms with Gasteiger partial charge >= 0.3 is 0 Å². The lowest BCUT2D eigenvalue weighted by atomic mass is 9.99. The quantitative estimate of drug-likeness (QED) is 0.834. The Morgan fingerprint density at radius 1 is 1.38 bits per heavy atom. The zero-order chi connectivity index (χ0) is 11.0. The lowest BCUT2D eigenvalue weighted by Gasteiger charge is -2.27. The summed E-state index contributed by atoms with van der Waals surface area (Å²) in [6.07, 6.45) is 5.28. The summed E-state index contributed by atoms with van der Waals surface area (Å²) in [5.41, 5.74) is 4.41. The average molecular weight is 216 g/mol. The van der Waals surface area contributed by atoms with E-state index < -0.39 is 0 Å². The molecule has 16 heavy (non-hydrogen) atoms. The van der Waals surface area contributed by atoms with Crippen LogP contribution in [0.25, 0.3) is 0 Å². The molecule has 1 fully saturated rings. The van der Waals surface area contributed by atoms with Gasteiger partial charge in [-0.15, -0.1) is 0 Å². The molecule has 0 radical (unpaired) electrons. The van der Waals surface area contributed by atoms with E-state index in [9.17, 15) is 0 Å². The van der Waals surface area contributed by atoms with Crippen LogP contribution in [0.2, 0.25) is 0 Å². The predicted octanol–water partition coefficient (Wildman–Crippen LogP) is 2.32. The van der Waals surface area contributed by atoms with Crippen LogP contribution in [0.3, 0.4) is 0 Å². The molecule has 1 aliphatic heterocycles. The number of nitrogens with zero attached hydrogens (tertiary/aromatic N) is 1. The summed E-state index contributed by atoms with van der Waals surface area (Å²) in [7, 11) is 2.19. The first kappa shape index (κ1) is 10.2. The molecule has 1 aromatic rings. The van der Waals surface area contributed by atoms with Crippen LogP contribution in [0, 0.1) is 0 Å². The number of hydrogen-bond donors (Lipinski definition) is 1. The fraction of sp³-hybridized carbons (Fsp3) is 0.571. The molecule has 3 rings (SSSR count). The van der Waals surface area contributed by atoms with Gasteiger partial charge in [-0.3, -0.25) is 0 Å². The number of rotatable bonds is 3. The first-order chi connectivity index (χ1) is 7.83. The van der Waals surface area contributed by atoms with Crippen LogP contribution in [-0.2, 0) is 13.0 Å². The Balaban J connectivity index is 1.75. The molecule has 0 atom stereocenters. The van der Waals surface area contributed by atoms with Gasteiger partial charge in [-0.2, -0.15) is 0 Å². The lowest BCUT2D eigenvalue weighted by molar-refractivity contribution is 0.684. The number of nitrogens with one attached hydrogen (secondary N) is 1. The largest absolute Gasteiger partial charge is 0.374 e. The van der Waals surface area contributed by atoms with Gasteiger partial charge in [0.05, 0.1) is 0 Å². The highest BCUT2D eigenvalue weighted by Gasteiger charge is 2.20. The molecule has 0 aromatic heterocycles. The molecule has 0 amide bonds. The van der Waals surface area contributed by atoms with Gasteiger partial charge in [-0.1, -0.05) is 12.1 Å². The summed E-state index contributed by atoms with van der Waals surface area (Å²) < 4.78 is 0. The Kier molecular flexibility index (Phi) is 2.60. The Morgan fingerprint density at radius 3 is 3.06 bits per heavy atom. The molecule has 1 aromatic carbocycles. The number of hydrogen-bond acceptors (Lipinski definition) is 2. The molecule has 2 aliphatic rings. The highest BCUT2D eigenvalue weighted by Crippen LogP contribution is 2.27. The molecule has 2 nitrogen and oxygen atoms in total. The van der Waals surface area contributed by atoms with Crippen LogP contribution in [0.1, 0.15) is 30.4 Å². The SMILES string of the molecule is CN1CCCc2cc(CNC3CC3)ccc21. The lowest BCUT2D eigenvalue weighted by Crippen LogP contribution is -2.25. The zero-order valence-corrected chi connectivity index (χ0v) is 10.00. The summed E-state index contributed by atoms with van der Waals surface area (Å²) in [5.74, 6) is 0. The van der Waals surface area contributed by atoms with Gasteiger partial charge in [-0.25, -0.2) is 0 Å². The molecule has 1 saturated carbocycles. The molecule has 1 heterocycles. The van der Waals surface area contributed by atoms with E-state index in [4.69, 9.17) is 0 Å². The van der Waals surface area contributed by atoms with E-state index in [1.165, 1.54) is 49.0 Å². The predicted molar refractivity (Wildman–Crippen MR) is 67.9 cm³/mol. The van der Waals surface area contributed by atoms with Crippen LogP contribution in [-0.4, -0.2) is 19.6 Å². The van der Waals surface area contributed by atoms with E-state index in [0.29, 0.717) is 0 Å². The number of anilines is 1. The second kappa shape index (κ2) is 4.10. The first-order valence-corrected chi connectivity index (χ1v) is 6.39. The zero-order valence-electron chi connectivity index (χ0n) is 10.00. The smallest absolute Gasteiger partial charge is 0.0396 e. The summed E-state index contributed by atoms with van der Waals surface area (Å²) in [6, 6.07) is 7.76. The highest BCUT2D eigenvalue weighted by atomic mass is 15.1. The van der Waals surface area contributed by atoms with Crippen molar-refractivity contribution < 1.29 is 0 Å². The van der Waals surface area contributed by atoms with Gasteiger partial charge in [-0.05, 0) is 42.9 Å². The number of benzene rings is 1. The van der Waals surface area contributed by atoms with Gasteiger partial charge in [0, 0.05) is 31.9 Å². The Morgan fingerprint density at radius 2 is 2.25 bits per heavy atom. The van der Waals surface area contributed by atoms with Crippen molar-refractivity contribution in [1.29, 1.82) is 0 Å². The molecule has 1 N–H and O–H groups in total. The molecular weight excluding hydrogens is 196 g/mol. The monoisotopic (exact) mass is 216 g/mol. The maximum atomic E-state index is 3.58. The Labute approximate surface area is 97.6 Å². The molecule has 0 bridgehead atoms. The normalized spacial score (nSPS) is 19.7. The molecular formula is C14H20N2. The summed E-state index contributed by atoms with van der Waals surface area (Å²) in [4.78, 5) is 2.37. The van der Waals surface area contributed by atoms with Gasteiger partial charge in [0.25, 0.3) is 0 Å². The minimum atomic E-state index is 0.804. The third kappa shape index (κ3) is 2.07. The molecule has 0 saturated heterocycles. The van der Waals surface area contributed by atoms with Crippen molar-refractivity contribution >= 4 is 5.69 Å². The van der Waals surface area contributed by atoms with Gasteiger partial charge in [0.2, 0.25) is 0 Å². The van der Waals surface area contributed by atoms with E-state index >= 15 is 0 Å². The van der Waals surface area contributed by atoms with Crippen LogP contribution in [0.15, 0.2) is 18.2 Å². The maximum absolute atomic E-state index is 3.58. The van der Waals surface area contributed by atoms with Crippen molar-refractivity contribution in [3.8, 4) is 0 Å². The van der Waals surface area contributed by atoms with Gasteiger partial charge in [0.15, 0.2) is 0 Å². The van der Waals surface area contributed by atoms with Crippen molar-refractivity contribution in [3.63, 3.8) is 0 Å². The van der Waals surface area contributed by atoms with E-state index in [-0.39, 0.29) is 0 Å². The fourth-order valence-corrected chi connectivity index (χ4v) is 2.50. The van der Waals surface area contributed by atoms with E-state index in [1.807, 2.05) is 0 Å². The molecule has 0 unspecified atom stereocenters. The van der Waals surface area contributed by atoms with Crippen molar-refractivity contribution in [2.75, 3.05) is 18.5 Å². The molecule has 1 aliphatic carbocycles. The van der Waals surface area contributed by atoms with E-state index in [1.54, 1.807) is 0 Å². The van der Waals surface area contributed by atoms with Crippen molar-refractivity contribution in [3.05, 3.63) is 29.3 Å². The topological polar surface area (TPSA) is 15.3 Å². The number of aryl methyl sites for hydroxylation is 1. The van der Waals surface area contributed by atoms with Crippen molar-refractivity contribution in [2.24, 2.45) is 0 Å². The standard InChI is InChI=1S/C14H20N2/c1-16-8-2-3-12-9-11(4-7-14(12)16)10-15-13-5-6-13/h4,7,9,13,15H,2-3,5-6,8,10H2,1H3. The van der Waals surface area contributed by atoms with Gasteiger partial charge in [0.1, 0.15) is 0 Å². The number of fused-ring (bicyclic) bond motifs is 1. The molecule has 0 spiro atoms. The molecule has 86 valence electrons. The second-order valence-corrected chi connectivity index (χ2v) is 5.14. The molecule has 2 heteroatoms. The minimum absolute atomic E-state index is 0.804. The Hall–Kier alpha value is -1.02. The third-order valence-electron chi connectivity index (χ3n) is 3.67. The van der Waals surface area contributed by atoms with Crippen LogP contribution >= 0.6 is 0 Å². The first-order valence-electron chi connectivity index (χ1n) is 6.39. The summed E-state index contributed by atoms with van der Waals surface area (Å²) >= 11 is 0.